The second-order valence-corrected chi connectivity index (χ2v) is 8.66. The van der Waals surface area contributed by atoms with Crippen molar-refractivity contribution >= 4 is 23.2 Å². The molecule has 3 aliphatic rings. The number of hydrogen-bond acceptors (Lipinski definition) is 9. The molecule has 3 heterocycles. The third kappa shape index (κ3) is 4.59. The third-order valence-electron chi connectivity index (χ3n) is 5.20. The summed E-state index contributed by atoms with van der Waals surface area (Å²) in [7, 11) is 0. The molecule has 12 nitrogen and oxygen atoms in total. The number of benzene rings is 1. The predicted octanol–water partition coefficient (Wildman–Crippen LogP) is 1.05. The minimum atomic E-state index is -1.08. The average Bonchev–Trinajstić information content (AvgIpc) is 3.19. The van der Waals surface area contributed by atoms with Gasteiger partial charge in [-0.25, -0.2) is 0 Å². The van der Waals surface area contributed by atoms with E-state index in [1.165, 1.54) is 24.3 Å². The van der Waals surface area contributed by atoms with E-state index < -0.39 is 59.0 Å². The molecule has 0 bridgehead atoms. The van der Waals surface area contributed by atoms with E-state index in [0.717, 1.165) is 0 Å². The zero-order valence-corrected chi connectivity index (χ0v) is 18.0. The molecule has 4 rings (SSSR count). The molecule has 32 heavy (non-hydrogen) atoms. The number of nitro groups is 1. The molecule has 0 radical (unpaired) electrons. The van der Waals surface area contributed by atoms with Gasteiger partial charge in [0.25, 0.3) is 11.6 Å². The number of carbonyl (C=O) groups is 2. The molecule has 3 saturated heterocycles. The lowest BCUT2D eigenvalue weighted by atomic mass is 9.98. The molecule has 1 aromatic rings. The van der Waals surface area contributed by atoms with Crippen LogP contribution in [0.2, 0.25) is 0 Å². The van der Waals surface area contributed by atoms with Crippen molar-refractivity contribution in [3.63, 3.8) is 0 Å². The molecule has 0 spiro atoms. The Hall–Kier alpha value is -2.64. The minimum absolute atomic E-state index is 0.0957. The Morgan fingerprint density at radius 2 is 1.56 bits per heavy atom. The number of hydrogen-bond donors (Lipinski definition) is 2. The van der Waals surface area contributed by atoms with Gasteiger partial charge in [-0.3, -0.25) is 19.7 Å². The summed E-state index contributed by atoms with van der Waals surface area (Å²) in [5.41, 5.74) is 0.265. The first kappa shape index (κ1) is 22.6. The van der Waals surface area contributed by atoms with Gasteiger partial charge in [-0.15, -0.1) is 0 Å². The summed E-state index contributed by atoms with van der Waals surface area (Å²) in [6.07, 6.45) is -3.80. The second-order valence-electron chi connectivity index (χ2n) is 8.66. The van der Waals surface area contributed by atoms with Crippen LogP contribution < -0.4 is 10.6 Å². The number of nitrogens with one attached hydrogen (secondary N) is 2. The van der Waals surface area contributed by atoms with Crippen LogP contribution in [0.5, 0.6) is 0 Å². The quantitative estimate of drug-likeness (QED) is 0.495. The lowest BCUT2D eigenvalue weighted by molar-refractivity contribution is -0.384. The van der Waals surface area contributed by atoms with Crippen molar-refractivity contribution in [1.29, 1.82) is 0 Å². The van der Waals surface area contributed by atoms with Gasteiger partial charge in [0, 0.05) is 17.8 Å². The van der Waals surface area contributed by atoms with Crippen molar-refractivity contribution in [1.82, 2.24) is 5.32 Å². The van der Waals surface area contributed by atoms with Gasteiger partial charge in [0.15, 0.2) is 24.0 Å². The number of nitro benzene ring substituents is 1. The summed E-state index contributed by atoms with van der Waals surface area (Å²) in [5.74, 6) is -2.93. The molecule has 0 aromatic heterocycles. The molecule has 12 heteroatoms. The number of anilines is 1. The lowest BCUT2D eigenvalue weighted by Crippen LogP contribution is -2.59. The fourth-order valence-corrected chi connectivity index (χ4v) is 3.96. The molecule has 0 saturated carbocycles. The van der Waals surface area contributed by atoms with Crippen molar-refractivity contribution in [2.45, 2.75) is 70.0 Å². The van der Waals surface area contributed by atoms with Gasteiger partial charge < -0.3 is 34.3 Å². The zero-order valence-electron chi connectivity index (χ0n) is 18.0. The molecular weight excluding hydrogens is 426 g/mol. The van der Waals surface area contributed by atoms with E-state index >= 15 is 0 Å². The highest BCUT2D eigenvalue weighted by Gasteiger charge is 2.62. The van der Waals surface area contributed by atoms with Crippen molar-refractivity contribution < 1.29 is 38.2 Å². The number of carbonyl (C=O) groups excluding carboxylic acids is 2. The molecule has 174 valence electrons. The Morgan fingerprint density at radius 3 is 2.22 bits per heavy atom. The molecule has 2 N–H and O–H groups in total. The highest BCUT2D eigenvalue weighted by atomic mass is 16.9. The monoisotopic (exact) mass is 451 g/mol. The summed E-state index contributed by atoms with van der Waals surface area (Å²) < 4.78 is 29.3. The Bertz CT molecular complexity index is 917. The van der Waals surface area contributed by atoms with Crippen molar-refractivity contribution in [3.05, 3.63) is 34.4 Å². The highest BCUT2D eigenvalue weighted by molar-refractivity contribution is 5.95. The van der Waals surface area contributed by atoms with Crippen LogP contribution in [0.4, 0.5) is 11.4 Å². The summed E-state index contributed by atoms with van der Waals surface area (Å²) in [6.45, 7) is 6.60. The van der Waals surface area contributed by atoms with Crippen LogP contribution in [0.1, 0.15) is 27.7 Å². The molecule has 5 atom stereocenters. The largest absolute Gasteiger partial charge is 0.345 e. The van der Waals surface area contributed by atoms with E-state index in [1.807, 2.05) is 0 Å². The van der Waals surface area contributed by atoms with Gasteiger partial charge in [0.2, 0.25) is 5.91 Å². The van der Waals surface area contributed by atoms with Gasteiger partial charge in [0.1, 0.15) is 18.3 Å². The molecule has 3 fully saturated rings. The van der Waals surface area contributed by atoms with E-state index in [2.05, 4.69) is 10.6 Å². The molecule has 0 unspecified atom stereocenters. The Labute approximate surface area is 183 Å². The van der Waals surface area contributed by atoms with Crippen LogP contribution >= 0.6 is 0 Å². The van der Waals surface area contributed by atoms with Crippen molar-refractivity contribution in [2.75, 3.05) is 11.9 Å². The number of nitrogens with zero attached hydrogens (tertiary/aromatic N) is 1. The summed E-state index contributed by atoms with van der Waals surface area (Å²) in [5, 5.41) is 15.8. The summed E-state index contributed by atoms with van der Waals surface area (Å²) in [6, 6.07) is 5.34. The number of fused-ring (bicyclic) bond motifs is 3. The molecular formula is C20H25N3O9. The van der Waals surface area contributed by atoms with Crippen LogP contribution in [0.3, 0.4) is 0 Å². The molecule has 1 aromatic carbocycles. The summed E-state index contributed by atoms with van der Waals surface area (Å²) in [4.78, 5) is 35.2. The number of non-ortho nitro benzene ring substituents is 1. The van der Waals surface area contributed by atoms with E-state index in [-0.39, 0.29) is 12.2 Å². The minimum Gasteiger partial charge on any atom is -0.345 e. The maximum absolute atomic E-state index is 12.9. The van der Waals surface area contributed by atoms with Crippen LogP contribution in [-0.4, -0.2) is 65.6 Å². The molecule has 0 aliphatic carbocycles. The summed E-state index contributed by atoms with van der Waals surface area (Å²) >= 11 is 0. The first-order valence-corrected chi connectivity index (χ1v) is 10.1. The Kier molecular flexibility index (Phi) is 5.67. The van der Waals surface area contributed by atoms with Crippen LogP contribution in [0.25, 0.3) is 0 Å². The topological polar surface area (TPSA) is 147 Å². The zero-order chi connectivity index (χ0) is 23.3. The normalized spacial score (nSPS) is 31.9. The fraction of sp³-hybridized carbons (Fsp3) is 0.600. The van der Waals surface area contributed by atoms with Crippen LogP contribution in [0.15, 0.2) is 24.3 Å². The first-order chi connectivity index (χ1) is 14.9. The molecule has 2 amide bonds. The van der Waals surface area contributed by atoms with E-state index in [0.29, 0.717) is 5.69 Å². The van der Waals surface area contributed by atoms with Gasteiger partial charge in [-0.2, -0.15) is 0 Å². The van der Waals surface area contributed by atoms with E-state index in [1.54, 1.807) is 27.7 Å². The van der Waals surface area contributed by atoms with Crippen LogP contribution in [0, 0.1) is 10.1 Å². The maximum atomic E-state index is 12.9. The SMILES string of the molecule is CC1(C)O[C@H]2[C@@H](O1)[C@H](C(=O)NCC(=O)Nc1ccc([N+](=O)[O-])cc1)O[C@@H]1OC(C)(C)O[C@@H]12. The third-order valence-corrected chi connectivity index (χ3v) is 5.20. The lowest BCUT2D eigenvalue weighted by Gasteiger charge is -2.36. The maximum Gasteiger partial charge on any atom is 0.269 e. The van der Waals surface area contributed by atoms with E-state index in [9.17, 15) is 19.7 Å². The van der Waals surface area contributed by atoms with Gasteiger partial charge in [-0.05, 0) is 39.8 Å². The predicted molar refractivity (Wildman–Crippen MR) is 107 cm³/mol. The van der Waals surface area contributed by atoms with E-state index in [4.69, 9.17) is 23.7 Å². The van der Waals surface area contributed by atoms with Crippen LogP contribution in [-0.2, 0) is 33.3 Å². The standard InChI is InChI=1S/C20H25N3O9/c1-19(2)29-13-14(30-19)16-18(32-20(3,4)31-16)28-15(13)17(25)21-9-12(24)22-10-5-7-11(8-6-10)23(26)27/h5-8,13-16,18H,9H2,1-4H3,(H,21,25)(H,22,24)/t13-,14+,15-,16-,18-/m1/s1. The number of ether oxygens (including phenoxy) is 5. The van der Waals surface area contributed by atoms with Gasteiger partial charge in [0.05, 0.1) is 11.5 Å². The van der Waals surface area contributed by atoms with Gasteiger partial charge in [-0.1, -0.05) is 0 Å². The Morgan fingerprint density at radius 1 is 0.969 bits per heavy atom. The first-order valence-electron chi connectivity index (χ1n) is 10.1. The molecule has 3 aliphatic heterocycles. The average molecular weight is 451 g/mol. The highest BCUT2D eigenvalue weighted by Crippen LogP contribution is 2.44. The fourth-order valence-electron chi connectivity index (χ4n) is 3.96. The smallest absolute Gasteiger partial charge is 0.269 e. The number of amides is 2. The van der Waals surface area contributed by atoms with Gasteiger partial charge >= 0.3 is 0 Å². The Balaban J connectivity index is 1.38. The number of rotatable bonds is 5. The second kappa shape index (κ2) is 8.05. The van der Waals surface area contributed by atoms with Crippen molar-refractivity contribution in [2.24, 2.45) is 0 Å². The van der Waals surface area contributed by atoms with Crippen molar-refractivity contribution in [3.8, 4) is 0 Å².